The quantitative estimate of drug-likeness (QED) is 0.565. The van der Waals surface area contributed by atoms with E-state index in [1.165, 1.54) is 19.2 Å². The van der Waals surface area contributed by atoms with E-state index in [0.29, 0.717) is 12.3 Å². The number of amides is 1. The SMILES string of the molecule is COc1ccc(NC(=O)CN(C)Cc2cc(C)ccc2OC)c([N+](=O)[O-])c1. The molecule has 8 heteroatoms. The van der Waals surface area contributed by atoms with Crippen molar-refractivity contribution in [2.24, 2.45) is 0 Å². The van der Waals surface area contributed by atoms with Crippen LogP contribution in [0.2, 0.25) is 0 Å². The number of anilines is 1. The van der Waals surface area contributed by atoms with E-state index in [-0.39, 0.29) is 23.8 Å². The lowest BCUT2D eigenvalue weighted by Crippen LogP contribution is -2.30. The van der Waals surface area contributed by atoms with Crippen molar-refractivity contribution in [3.05, 3.63) is 57.6 Å². The molecule has 1 amide bonds. The number of benzene rings is 2. The summed E-state index contributed by atoms with van der Waals surface area (Å²) in [6.07, 6.45) is 0. The van der Waals surface area contributed by atoms with Crippen molar-refractivity contribution in [1.82, 2.24) is 4.90 Å². The standard InChI is InChI=1S/C19H23N3O5/c1-13-5-8-18(27-4)14(9-13)11-21(2)12-19(23)20-16-7-6-15(26-3)10-17(16)22(24)25/h5-10H,11-12H2,1-4H3,(H,20,23). The average molecular weight is 373 g/mol. The van der Waals surface area contributed by atoms with Gasteiger partial charge in [0, 0.05) is 12.1 Å². The van der Waals surface area contributed by atoms with Crippen molar-refractivity contribution in [3.63, 3.8) is 0 Å². The van der Waals surface area contributed by atoms with Gasteiger partial charge in [-0.05, 0) is 32.2 Å². The zero-order chi connectivity index (χ0) is 20.0. The molecule has 144 valence electrons. The Morgan fingerprint density at radius 1 is 1.19 bits per heavy atom. The average Bonchev–Trinajstić information content (AvgIpc) is 2.61. The first kappa shape index (κ1) is 20.2. The number of carbonyl (C=O) groups is 1. The Bertz CT molecular complexity index is 838. The van der Waals surface area contributed by atoms with Crippen LogP contribution in [0.25, 0.3) is 0 Å². The molecule has 8 nitrogen and oxygen atoms in total. The monoisotopic (exact) mass is 373 g/mol. The summed E-state index contributed by atoms with van der Waals surface area (Å²) >= 11 is 0. The molecule has 27 heavy (non-hydrogen) atoms. The van der Waals surface area contributed by atoms with Crippen LogP contribution in [0.1, 0.15) is 11.1 Å². The van der Waals surface area contributed by atoms with Gasteiger partial charge in [-0.1, -0.05) is 17.7 Å². The van der Waals surface area contributed by atoms with Gasteiger partial charge in [-0.2, -0.15) is 0 Å². The Balaban J connectivity index is 2.06. The lowest BCUT2D eigenvalue weighted by molar-refractivity contribution is -0.384. The predicted molar refractivity (Wildman–Crippen MR) is 102 cm³/mol. The summed E-state index contributed by atoms with van der Waals surface area (Å²) in [4.78, 5) is 24.8. The highest BCUT2D eigenvalue weighted by Gasteiger charge is 2.18. The lowest BCUT2D eigenvalue weighted by Gasteiger charge is -2.18. The lowest BCUT2D eigenvalue weighted by atomic mass is 10.1. The van der Waals surface area contributed by atoms with Crippen molar-refractivity contribution >= 4 is 17.3 Å². The summed E-state index contributed by atoms with van der Waals surface area (Å²) in [5.41, 5.74) is 1.97. The number of nitrogens with one attached hydrogen (secondary N) is 1. The Morgan fingerprint density at radius 3 is 2.56 bits per heavy atom. The van der Waals surface area contributed by atoms with Gasteiger partial charge in [0.1, 0.15) is 17.2 Å². The minimum Gasteiger partial charge on any atom is -0.496 e. The number of hydrogen-bond acceptors (Lipinski definition) is 6. The Morgan fingerprint density at radius 2 is 1.93 bits per heavy atom. The molecule has 2 aromatic carbocycles. The van der Waals surface area contributed by atoms with Crippen molar-refractivity contribution in [2.75, 3.05) is 33.1 Å². The normalized spacial score (nSPS) is 10.6. The first-order valence-corrected chi connectivity index (χ1v) is 8.28. The fraction of sp³-hybridized carbons (Fsp3) is 0.316. The minimum absolute atomic E-state index is 0.0697. The van der Waals surface area contributed by atoms with Crippen LogP contribution in [0, 0.1) is 17.0 Å². The highest BCUT2D eigenvalue weighted by molar-refractivity contribution is 5.94. The molecule has 0 aliphatic heterocycles. The number of nitrogens with zero attached hydrogens (tertiary/aromatic N) is 2. The molecule has 0 radical (unpaired) electrons. The molecule has 0 saturated heterocycles. The van der Waals surface area contributed by atoms with Crippen molar-refractivity contribution in [1.29, 1.82) is 0 Å². The Labute approximate surface area is 157 Å². The number of likely N-dealkylation sites (N-methyl/N-ethyl adjacent to an activating group) is 1. The zero-order valence-corrected chi connectivity index (χ0v) is 15.8. The summed E-state index contributed by atoms with van der Waals surface area (Å²) in [5.74, 6) is 0.749. The Kier molecular flexibility index (Phi) is 6.73. The summed E-state index contributed by atoms with van der Waals surface area (Å²) in [7, 11) is 4.82. The highest BCUT2D eigenvalue weighted by Crippen LogP contribution is 2.29. The molecule has 0 saturated carbocycles. The molecular formula is C19H23N3O5. The fourth-order valence-corrected chi connectivity index (χ4v) is 2.71. The van der Waals surface area contributed by atoms with E-state index in [1.54, 1.807) is 20.2 Å². The molecule has 0 aromatic heterocycles. The summed E-state index contributed by atoms with van der Waals surface area (Å²) < 4.78 is 10.3. The smallest absolute Gasteiger partial charge is 0.296 e. The van der Waals surface area contributed by atoms with Gasteiger partial charge in [-0.25, -0.2) is 0 Å². The van der Waals surface area contributed by atoms with E-state index >= 15 is 0 Å². The van der Waals surface area contributed by atoms with E-state index in [9.17, 15) is 14.9 Å². The second kappa shape index (κ2) is 9.00. The summed E-state index contributed by atoms with van der Waals surface area (Å²) in [6, 6.07) is 10.1. The largest absolute Gasteiger partial charge is 0.496 e. The Hall–Kier alpha value is -3.13. The zero-order valence-electron chi connectivity index (χ0n) is 15.8. The van der Waals surface area contributed by atoms with E-state index < -0.39 is 4.92 Å². The summed E-state index contributed by atoms with van der Waals surface area (Å²) in [6.45, 7) is 2.56. The molecule has 0 heterocycles. The van der Waals surface area contributed by atoms with E-state index in [1.807, 2.05) is 30.0 Å². The molecule has 0 atom stereocenters. The molecule has 0 fully saturated rings. The number of hydrogen-bond donors (Lipinski definition) is 1. The van der Waals surface area contributed by atoms with Crippen molar-refractivity contribution < 1.29 is 19.2 Å². The van der Waals surface area contributed by atoms with Gasteiger partial charge in [0.25, 0.3) is 5.69 Å². The second-order valence-corrected chi connectivity index (χ2v) is 6.18. The summed E-state index contributed by atoms with van der Waals surface area (Å²) in [5, 5.41) is 13.8. The number of nitro benzene ring substituents is 1. The fourth-order valence-electron chi connectivity index (χ4n) is 2.71. The van der Waals surface area contributed by atoms with Crippen molar-refractivity contribution in [2.45, 2.75) is 13.5 Å². The first-order valence-electron chi connectivity index (χ1n) is 8.28. The second-order valence-electron chi connectivity index (χ2n) is 6.18. The number of methoxy groups -OCH3 is 2. The predicted octanol–water partition coefficient (Wildman–Crippen LogP) is 2.99. The van der Waals surface area contributed by atoms with Gasteiger partial charge in [0.05, 0.1) is 31.8 Å². The van der Waals surface area contributed by atoms with Crippen LogP contribution in [0.5, 0.6) is 11.5 Å². The van der Waals surface area contributed by atoms with Crippen LogP contribution in [-0.4, -0.2) is 43.5 Å². The molecule has 1 N–H and O–H groups in total. The maximum absolute atomic E-state index is 12.3. The maximum atomic E-state index is 12.3. The van der Waals surface area contributed by atoms with Gasteiger partial charge >= 0.3 is 0 Å². The molecule has 0 aliphatic carbocycles. The van der Waals surface area contributed by atoms with Crippen molar-refractivity contribution in [3.8, 4) is 11.5 Å². The number of nitro groups is 1. The minimum atomic E-state index is -0.556. The molecule has 2 aromatic rings. The molecule has 0 unspecified atom stereocenters. The number of rotatable bonds is 8. The highest BCUT2D eigenvalue weighted by atomic mass is 16.6. The molecular weight excluding hydrogens is 350 g/mol. The van der Waals surface area contributed by atoms with Crippen LogP contribution >= 0.6 is 0 Å². The third-order valence-corrected chi connectivity index (χ3v) is 3.97. The number of aryl methyl sites for hydroxylation is 1. The van der Waals surface area contributed by atoms with Crippen LogP contribution in [0.3, 0.4) is 0 Å². The molecule has 0 spiro atoms. The molecule has 0 aliphatic rings. The van der Waals surface area contributed by atoms with Crippen LogP contribution in [-0.2, 0) is 11.3 Å². The van der Waals surface area contributed by atoms with Gasteiger partial charge in [0.2, 0.25) is 5.91 Å². The first-order chi connectivity index (χ1) is 12.8. The van der Waals surface area contributed by atoms with E-state index in [0.717, 1.165) is 16.9 Å². The van der Waals surface area contributed by atoms with Gasteiger partial charge < -0.3 is 14.8 Å². The van der Waals surface area contributed by atoms with Crippen LogP contribution in [0.4, 0.5) is 11.4 Å². The third-order valence-electron chi connectivity index (χ3n) is 3.97. The van der Waals surface area contributed by atoms with E-state index in [2.05, 4.69) is 5.32 Å². The van der Waals surface area contributed by atoms with Gasteiger partial charge in [0.15, 0.2) is 0 Å². The maximum Gasteiger partial charge on any atom is 0.296 e. The number of ether oxygens (including phenoxy) is 2. The van der Waals surface area contributed by atoms with Crippen LogP contribution < -0.4 is 14.8 Å². The molecule has 0 bridgehead atoms. The van der Waals surface area contributed by atoms with Gasteiger partial charge in [-0.3, -0.25) is 19.8 Å². The van der Waals surface area contributed by atoms with Crippen LogP contribution in [0.15, 0.2) is 36.4 Å². The van der Waals surface area contributed by atoms with Gasteiger partial charge in [-0.15, -0.1) is 0 Å². The van der Waals surface area contributed by atoms with E-state index in [4.69, 9.17) is 9.47 Å². The third kappa shape index (κ3) is 5.42. The number of carbonyl (C=O) groups excluding carboxylic acids is 1. The topological polar surface area (TPSA) is 93.9 Å². The molecule has 2 rings (SSSR count).